The van der Waals surface area contributed by atoms with Crippen molar-refractivity contribution in [1.29, 1.82) is 0 Å². The summed E-state index contributed by atoms with van der Waals surface area (Å²) in [6.45, 7) is 8.95. The molecule has 1 N–H and O–H groups in total. The summed E-state index contributed by atoms with van der Waals surface area (Å²) in [6.07, 6.45) is 3.20. The van der Waals surface area contributed by atoms with Gasteiger partial charge in [0.15, 0.2) is 5.96 Å². The van der Waals surface area contributed by atoms with Crippen LogP contribution in [0.2, 0.25) is 0 Å². The Hall–Kier alpha value is -1.55. The van der Waals surface area contributed by atoms with Crippen LogP contribution in [0, 0.1) is 0 Å². The summed E-state index contributed by atoms with van der Waals surface area (Å²) >= 11 is 0. The predicted octanol–water partition coefficient (Wildman–Crippen LogP) is 2.28. The van der Waals surface area contributed by atoms with Crippen LogP contribution in [0.15, 0.2) is 35.3 Å². The Morgan fingerprint density at radius 1 is 1.07 bits per heavy atom. The molecule has 2 saturated heterocycles. The van der Waals surface area contributed by atoms with Gasteiger partial charge >= 0.3 is 0 Å². The number of hydrogen-bond donors (Lipinski definition) is 1. The Balaban J connectivity index is 0.00000320. The van der Waals surface area contributed by atoms with Gasteiger partial charge in [0.25, 0.3) is 0 Å². The molecule has 3 rings (SSSR count). The number of halogens is 1. The maximum absolute atomic E-state index is 12.6. The molecule has 30 heavy (non-hydrogen) atoms. The van der Waals surface area contributed by atoms with Gasteiger partial charge in [-0.25, -0.2) is 0 Å². The summed E-state index contributed by atoms with van der Waals surface area (Å²) in [4.78, 5) is 23.7. The molecule has 2 aliphatic rings. The molecule has 8 heteroatoms. The average molecular weight is 529 g/mol. The first-order chi connectivity index (χ1) is 14.2. The van der Waals surface area contributed by atoms with Crippen LogP contribution in [0.4, 0.5) is 0 Å². The molecule has 2 heterocycles. The van der Waals surface area contributed by atoms with Crippen LogP contribution in [0.3, 0.4) is 0 Å². The van der Waals surface area contributed by atoms with Crippen LogP contribution >= 0.6 is 24.0 Å². The van der Waals surface area contributed by atoms with Gasteiger partial charge in [-0.1, -0.05) is 18.2 Å². The van der Waals surface area contributed by atoms with Crippen molar-refractivity contribution >= 4 is 35.8 Å². The Morgan fingerprint density at radius 2 is 1.73 bits per heavy atom. The summed E-state index contributed by atoms with van der Waals surface area (Å²) in [7, 11) is 1.83. The minimum atomic E-state index is -0.0274. The van der Waals surface area contributed by atoms with Gasteiger partial charge in [-0.2, -0.15) is 0 Å². The van der Waals surface area contributed by atoms with Crippen LogP contribution in [0.5, 0.6) is 5.75 Å². The highest BCUT2D eigenvalue weighted by molar-refractivity contribution is 14.0. The highest BCUT2D eigenvalue weighted by atomic mass is 127. The maximum atomic E-state index is 12.6. The second-order valence-electron chi connectivity index (χ2n) is 7.72. The predicted molar refractivity (Wildman–Crippen MR) is 132 cm³/mol. The third-order valence-electron chi connectivity index (χ3n) is 5.76. The Bertz CT molecular complexity index is 659. The molecule has 0 radical (unpaired) electrons. The van der Waals surface area contributed by atoms with Crippen molar-refractivity contribution in [3.8, 4) is 5.75 Å². The molecular formula is C22H36IN5O2. The number of benzene rings is 1. The number of guanidine groups is 1. The lowest BCUT2D eigenvalue weighted by molar-refractivity contribution is -0.135. The summed E-state index contributed by atoms with van der Waals surface area (Å²) in [5.74, 6) is 2.13. The standard InChI is InChI=1S/C22H35N5O2.HI/c1-19(21(28)26-12-6-7-13-26)25-14-16-27(17-15-25)22(23-2)24-11-8-18-29-20-9-4-3-5-10-20;/h3-5,9-10,19H,6-8,11-18H2,1-2H3,(H,23,24);1H. The van der Waals surface area contributed by atoms with E-state index in [9.17, 15) is 4.79 Å². The maximum Gasteiger partial charge on any atom is 0.239 e. The quantitative estimate of drug-likeness (QED) is 0.254. The zero-order chi connectivity index (χ0) is 20.5. The lowest BCUT2D eigenvalue weighted by atomic mass is 10.2. The van der Waals surface area contributed by atoms with E-state index in [0.29, 0.717) is 6.61 Å². The molecule has 7 nitrogen and oxygen atoms in total. The van der Waals surface area contributed by atoms with Crippen molar-refractivity contribution in [1.82, 2.24) is 20.0 Å². The molecule has 0 saturated carbocycles. The smallest absolute Gasteiger partial charge is 0.239 e. The van der Waals surface area contributed by atoms with Crippen molar-refractivity contribution in [3.05, 3.63) is 30.3 Å². The van der Waals surface area contributed by atoms with Gasteiger partial charge in [-0.15, -0.1) is 24.0 Å². The molecule has 1 aromatic carbocycles. The van der Waals surface area contributed by atoms with E-state index < -0.39 is 0 Å². The molecule has 2 fully saturated rings. The van der Waals surface area contributed by atoms with E-state index in [1.807, 2.05) is 42.3 Å². The Labute approximate surface area is 197 Å². The van der Waals surface area contributed by atoms with Gasteiger partial charge in [0.2, 0.25) is 5.91 Å². The highest BCUT2D eigenvalue weighted by Crippen LogP contribution is 2.14. The molecule has 0 bridgehead atoms. The number of aliphatic imine (C=N–C) groups is 1. The number of para-hydroxylation sites is 1. The number of carbonyl (C=O) groups excluding carboxylic acids is 1. The molecule has 0 aromatic heterocycles. The summed E-state index contributed by atoms with van der Waals surface area (Å²) in [5.41, 5.74) is 0. The first kappa shape index (κ1) is 24.7. The summed E-state index contributed by atoms with van der Waals surface area (Å²) in [5, 5.41) is 3.44. The fourth-order valence-corrected chi connectivity index (χ4v) is 3.99. The van der Waals surface area contributed by atoms with Gasteiger partial charge in [0, 0.05) is 52.9 Å². The number of nitrogens with zero attached hydrogens (tertiary/aromatic N) is 4. The fraction of sp³-hybridized carbons (Fsp3) is 0.636. The van der Waals surface area contributed by atoms with Crippen molar-refractivity contribution < 1.29 is 9.53 Å². The van der Waals surface area contributed by atoms with Gasteiger partial charge in [-0.05, 0) is 38.3 Å². The number of piperazine rings is 1. The second-order valence-corrected chi connectivity index (χ2v) is 7.72. The van der Waals surface area contributed by atoms with E-state index in [-0.39, 0.29) is 35.9 Å². The monoisotopic (exact) mass is 529 g/mol. The normalized spacial score (nSPS) is 18.7. The topological polar surface area (TPSA) is 60.4 Å². The molecular weight excluding hydrogens is 493 g/mol. The van der Waals surface area contributed by atoms with Gasteiger partial charge < -0.3 is 19.9 Å². The number of likely N-dealkylation sites (tertiary alicyclic amines) is 1. The number of carbonyl (C=O) groups is 1. The summed E-state index contributed by atoms with van der Waals surface area (Å²) < 4.78 is 5.74. The number of ether oxygens (including phenoxy) is 1. The van der Waals surface area contributed by atoms with E-state index >= 15 is 0 Å². The highest BCUT2D eigenvalue weighted by Gasteiger charge is 2.30. The molecule has 2 aliphatic heterocycles. The van der Waals surface area contributed by atoms with Gasteiger partial charge in [0.05, 0.1) is 12.6 Å². The zero-order valence-electron chi connectivity index (χ0n) is 18.3. The average Bonchev–Trinajstić information content (AvgIpc) is 3.31. The molecule has 1 unspecified atom stereocenters. The lowest BCUT2D eigenvalue weighted by Gasteiger charge is -2.39. The zero-order valence-corrected chi connectivity index (χ0v) is 20.6. The van der Waals surface area contributed by atoms with Crippen LogP contribution in [0.25, 0.3) is 0 Å². The SMILES string of the molecule is CN=C(NCCCOc1ccccc1)N1CCN(C(C)C(=O)N2CCCC2)CC1.I. The first-order valence-electron chi connectivity index (χ1n) is 10.9. The number of nitrogens with one attached hydrogen (secondary N) is 1. The second kappa shape index (κ2) is 13.0. The minimum Gasteiger partial charge on any atom is -0.494 e. The van der Waals surface area contributed by atoms with E-state index in [2.05, 4.69) is 27.0 Å². The van der Waals surface area contributed by atoms with Crippen LogP contribution in [-0.2, 0) is 4.79 Å². The third kappa shape index (κ3) is 7.01. The Kier molecular flexibility index (Phi) is 10.7. The van der Waals surface area contributed by atoms with E-state index in [1.54, 1.807) is 0 Å². The largest absolute Gasteiger partial charge is 0.494 e. The van der Waals surface area contributed by atoms with Crippen LogP contribution < -0.4 is 10.1 Å². The van der Waals surface area contributed by atoms with Crippen molar-refractivity contribution in [2.75, 3.05) is 59.5 Å². The van der Waals surface area contributed by atoms with E-state index in [4.69, 9.17) is 4.74 Å². The molecule has 1 amide bonds. The Morgan fingerprint density at radius 3 is 2.37 bits per heavy atom. The minimum absolute atomic E-state index is 0. The first-order valence-corrected chi connectivity index (χ1v) is 10.9. The molecule has 168 valence electrons. The molecule has 0 spiro atoms. The molecule has 1 aromatic rings. The van der Waals surface area contributed by atoms with Crippen LogP contribution in [-0.4, -0.2) is 92.1 Å². The number of rotatable bonds is 7. The van der Waals surface area contributed by atoms with E-state index in [0.717, 1.165) is 76.8 Å². The third-order valence-corrected chi connectivity index (χ3v) is 5.76. The van der Waals surface area contributed by atoms with Gasteiger partial charge in [0.1, 0.15) is 5.75 Å². The fourth-order valence-electron chi connectivity index (χ4n) is 3.99. The van der Waals surface area contributed by atoms with E-state index in [1.165, 1.54) is 0 Å². The molecule has 1 atom stereocenters. The van der Waals surface area contributed by atoms with Crippen molar-refractivity contribution in [2.45, 2.75) is 32.2 Å². The number of hydrogen-bond acceptors (Lipinski definition) is 4. The van der Waals surface area contributed by atoms with Crippen molar-refractivity contribution in [3.63, 3.8) is 0 Å². The molecule has 0 aliphatic carbocycles. The lowest BCUT2D eigenvalue weighted by Crippen LogP contribution is -2.57. The van der Waals surface area contributed by atoms with Crippen LogP contribution in [0.1, 0.15) is 26.2 Å². The number of amides is 1. The summed E-state index contributed by atoms with van der Waals surface area (Å²) in [6, 6.07) is 9.87. The van der Waals surface area contributed by atoms with Gasteiger partial charge in [-0.3, -0.25) is 14.7 Å². The van der Waals surface area contributed by atoms with Crippen molar-refractivity contribution in [2.24, 2.45) is 4.99 Å².